The molecule has 2 N–H and O–H groups in total. The molecular weight excluding hydrogens is 331 g/mol. The largest absolute Gasteiger partial charge is 0.480 e. The van der Waals surface area contributed by atoms with E-state index in [1.165, 1.54) is 11.8 Å². The molecule has 1 saturated heterocycles. The molecule has 0 bridgehead atoms. The topological polar surface area (TPSA) is 86.7 Å². The Bertz CT molecular complexity index is 635. The summed E-state index contributed by atoms with van der Waals surface area (Å²) < 4.78 is 0. The van der Waals surface area contributed by atoms with Crippen LogP contribution in [0, 0.1) is 5.92 Å². The van der Waals surface area contributed by atoms with Gasteiger partial charge in [0.15, 0.2) is 0 Å². The molecule has 22 heavy (non-hydrogen) atoms. The third-order valence-corrected chi connectivity index (χ3v) is 4.21. The summed E-state index contributed by atoms with van der Waals surface area (Å²) in [6.45, 7) is 1.70. The molecule has 0 aromatic heterocycles. The fourth-order valence-electron chi connectivity index (χ4n) is 2.21. The number of carbonyl (C=O) groups is 3. The maximum atomic E-state index is 12.3. The molecule has 2 amide bonds. The van der Waals surface area contributed by atoms with E-state index in [0.29, 0.717) is 28.7 Å². The Balaban J connectivity index is 2.10. The van der Waals surface area contributed by atoms with Gasteiger partial charge in [-0.05, 0) is 31.5 Å². The molecule has 1 heterocycles. The first kappa shape index (κ1) is 16.6. The van der Waals surface area contributed by atoms with Crippen molar-refractivity contribution >= 4 is 46.7 Å². The van der Waals surface area contributed by atoms with E-state index in [-0.39, 0.29) is 5.91 Å². The van der Waals surface area contributed by atoms with Crippen molar-refractivity contribution in [2.24, 2.45) is 5.92 Å². The first-order valence-electron chi connectivity index (χ1n) is 6.61. The molecule has 0 aliphatic carbocycles. The van der Waals surface area contributed by atoms with E-state index in [0.717, 1.165) is 0 Å². The van der Waals surface area contributed by atoms with Crippen LogP contribution in [0.5, 0.6) is 0 Å². The normalized spacial score (nSPS) is 19.1. The third kappa shape index (κ3) is 3.34. The van der Waals surface area contributed by atoms with Crippen molar-refractivity contribution in [3.8, 4) is 0 Å². The average molecular weight is 345 g/mol. The van der Waals surface area contributed by atoms with E-state index in [1.54, 1.807) is 18.2 Å². The second-order valence-corrected chi connectivity index (χ2v) is 5.81. The summed E-state index contributed by atoms with van der Waals surface area (Å²) in [5.41, 5.74) is 0.556. The molecule has 1 fully saturated rings. The van der Waals surface area contributed by atoms with Gasteiger partial charge in [0, 0.05) is 12.2 Å². The lowest BCUT2D eigenvalue weighted by molar-refractivity contribution is -0.143. The standard InChI is InChI=1S/C14H14Cl2N2O4/c1-7(14(21)22)17-12(19)9-4-5-18(13(9)20)8-2-3-10(15)11(16)6-8/h2-3,6-7,9H,4-5H2,1H3,(H,17,19)(H,21,22). The quantitative estimate of drug-likeness (QED) is 0.817. The number of benzene rings is 1. The van der Waals surface area contributed by atoms with Crippen LogP contribution in [0.2, 0.25) is 10.0 Å². The van der Waals surface area contributed by atoms with E-state index in [1.807, 2.05) is 0 Å². The molecule has 1 aromatic carbocycles. The summed E-state index contributed by atoms with van der Waals surface area (Å²) in [5.74, 6) is -3.01. The van der Waals surface area contributed by atoms with E-state index < -0.39 is 23.8 Å². The van der Waals surface area contributed by atoms with Gasteiger partial charge in [0.25, 0.3) is 0 Å². The van der Waals surface area contributed by atoms with Gasteiger partial charge in [0.1, 0.15) is 12.0 Å². The number of nitrogens with one attached hydrogen (secondary N) is 1. The minimum atomic E-state index is -1.15. The lowest BCUT2D eigenvalue weighted by Gasteiger charge is -2.18. The molecule has 1 aromatic rings. The van der Waals surface area contributed by atoms with Crippen molar-refractivity contribution in [3.63, 3.8) is 0 Å². The summed E-state index contributed by atoms with van der Waals surface area (Å²) in [6.07, 6.45) is 0.317. The average Bonchev–Trinajstić information content (AvgIpc) is 2.83. The molecule has 0 spiro atoms. The number of halogens is 2. The molecule has 8 heteroatoms. The van der Waals surface area contributed by atoms with E-state index in [9.17, 15) is 14.4 Å². The Morgan fingerprint density at radius 2 is 2.05 bits per heavy atom. The molecule has 2 unspecified atom stereocenters. The summed E-state index contributed by atoms with van der Waals surface area (Å²) in [5, 5.41) is 11.8. The Morgan fingerprint density at radius 1 is 1.36 bits per heavy atom. The highest BCUT2D eigenvalue weighted by Crippen LogP contribution is 2.31. The van der Waals surface area contributed by atoms with Gasteiger partial charge in [-0.15, -0.1) is 0 Å². The molecule has 1 aliphatic rings. The number of rotatable bonds is 4. The van der Waals surface area contributed by atoms with Crippen LogP contribution in [0.25, 0.3) is 0 Å². The van der Waals surface area contributed by atoms with Crippen LogP contribution in [-0.2, 0) is 14.4 Å². The van der Waals surface area contributed by atoms with Crippen LogP contribution >= 0.6 is 23.2 Å². The lowest BCUT2D eigenvalue weighted by Crippen LogP contribution is -2.44. The van der Waals surface area contributed by atoms with Gasteiger partial charge in [-0.2, -0.15) is 0 Å². The molecule has 6 nitrogen and oxygen atoms in total. The number of carboxylic acid groups (broad SMARTS) is 1. The van der Waals surface area contributed by atoms with Crippen LogP contribution in [0.15, 0.2) is 18.2 Å². The van der Waals surface area contributed by atoms with Crippen LogP contribution < -0.4 is 10.2 Å². The van der Waals surface area contributed by atoms with Gasteiger partial charge in [-0.25, -0.2) is 0 Å². The third-order valence-electron chi connectivity index (χ3n) is 3.47. The Morgan fingerprint density at radius 3 is 2.64 bits per heavy atom. The van der Waals surface area contributed by atoms with Gasteiger partial charge in [-0.3, -0.25) is 14.4 Å². The monoisotopic (exact) mass is 344 g/mol. The molecule has 2 atom stereocenters. The summed E-state index contributed by atoms with van der Waals surface area (Å²) in [7, 11) is 0. The fraction of sp³-hybridized carbons (Fsp3) is 0.357. The summed E-state index contributed by atoms with van der Waals surface area (Å²) in [6, 6.07) is 3.74. The molecular formula is C14H14Cl2N2O4. The summed E-state index contributed by atoms with van der Waals surface area (Å²) in [4.78, 5) is 36.5. The minimum absolute atomic E-state index is 0.317. The Hall–Kier alpha value is -1.79. The van der Waals surface area contributed by atoms with Crippen molar-refractivity contribution in [2.45, 2.75) is 19.4 Å². The smallest absolute Gasteiger partial charge is 0.325 e. The zero-order chi connectivity index (χ0) is 16.4. The van der Waals surface area contributed by atoms with Crippen LogP contribution in [0.4, 0.5) is 5.69 Å². The highest BCUT2D eigenvalue weighted by atomic mass is 35.5. The van der Waals surface area contributed by atoms with Crippen LogP contribution in [0.1, 0.15) is 13.3 Å². The Kier molecular flexibility index (Phi) is 4.93. The van der Waals surface area contributed by atoms with Crippen molar-refractivity contribution in [1.29, 1.82) is 0 Å². The van der Waals surface area contributed by atoms with Gasteiger partial charge in [0.2, 0.25) is 11.8 Å². The molecule has 1 aliphatic heterocycles. The number of carboxylic acids is 1. The number of carbonyl (C=O) groups excluding carboxylic acids is 2. The van der Waals surface area contributed by atoms with Crippen LogP contribution in [-0.4, -0.2) is 35.5 Å². The number of hydrogen-bond acceptors (Lipinski definition) is 3. The van der Waals surface area contributed by atoms with E-state index in [4.69, 9.17) is 28.3 Å². The number of hydrogen-bond donors (Lipinski definition) is 2. The number of anilines is 1. The lowest BCUT2D eigenvalue weighted by atomic mass is 10.1. The van der Waals surface area contributed by atoms with E-state index in [2.05, 4.69) is 5.32 Å². The molecule has 0 radical (unpaired) electrons. The number of amides is 2. The van der Waals surface area contributed by atoms with Crippen molar-refractivity contribution in [1.82, 2.24) is 5.32 Å². The van der Waals surface area contributed by atoms with E-state index >= 15 is 0 Å². The highest BCUT2D eigenvalue weighted by molar-refractivity contribution is 6.42. The maximum absolute atomic E-state index is 12.3. The van der Waals surface area contributed by atoms with Gasteiger partial charge in [0.05, 0.1) is 10.0 Å². The molecule has 2 rings (SSSR count). The fourth-order valence-corrected chi connectivity index (χ4v) is 2.50. The zero-order valence-corrected chi connectivity index (χ0v) is 13.2. The Labute approximate surface area is 137 Å². The second-order valence-electron chi connectivity index (χ2n) is 5.00. The summed E-state index contributed by atoms with van der Waals surface area (Å²) >= 11 is 11.8. The predicted molar refractivity (Wildman–Crippen MR) is 82.2 cm³/mol. The van der Waals surface area contributed by atoms with Crippen LogP contribution in [0.3, 0.4) is 0 Å². The molecule has 118 valence electrons. The van der Waals surface area contributed by atoms with Gasteiger partial charge < -0.3 is 15.3 Å². The molecule has 0 saturated carbocycles. The number of nitrogens with zero attached hydrogens (tertiary/aromatic N) is 1. The first-order valence-corrected chi connectivity index (χ1v) is 7.36. The minimum Gasteiger partial charge on any atom is -0.480 e. The number of aliphatic carboxylic acids is 1. The predicted octanol–water partition coefficient (Wildman–Crippen LogP) is 1.94. The van der Waals surface area contributed by atoms with Crippen molar-refractivity contribution in [3.05, 3.63) is 28.2 Å². The highest BCUT2D eigenvalue weighted by Gasteiger charge is 2.38. The SMILES string of the molecule is CC(NC(=O)C1CCN(c2ccc(Cl)c(Cl)c2)C1=O)C(=O)O. The van der Waals surface area contributed by atoms with Gasteiger partial charge >= 0.3 is 5.97 Å². The van der Waals surface area contributed by atoms with Crippen molar-refractivity contribution < 1.29 is 19.5 Å². The van der Waals surface area contributed by atoms with Crippen molar-refractivity contribution in [2.75, 3.05) is 11.4 Å². The van der Waals surface area contributed by atoms with Gasteiger partial charge in [-0.1, -0.05) is 23.2 Å². The first-order chi connectivity index (χ1) is 10.3. The zero-order valence-electron chi connectivity index (χ0n) is 11.7. The second kappa shape index (κ2) is 6.54. The maximum Gasteiger partial charge on any atom is 0.325 e.